The third-order valence-corrected chi connectivity index (χ3v) is 10.1. The van der Waals surface area contributed by atoms with Gasteiger partial charge < -0.3 is 25.0 Å². The largest absolute Gasteiger partial charge is 0.469 e. The molecule has 2 aromatic carbocycles. The second-order valence-corrected chi connectivity index (χ2v) is 14.3. The van der Waals surface area contributed by atoms with Crippen molar-refractivity contribution in [3.05, 3.63) is 58.7 Å². The van der Waals surface area contributed by atoms with E-state index in [9.17, 15) is 17.8 Å². The minimum atomic E-state index is -4.50. The average molecular weight is 635 g/mol. The quantitative estimate of drug-likeness (QED) is 0.195. The molecule has 4 N–H and O–H groups in total. The zero-order chi connectivity index (χ0) is 30.2. The van der Waals surface area contributed by atoms with Crippen LogP contribution in [0.4, 0.5) is 0 Å². The van der Waals surface area contributed by atoms with Gasteiger partial charge in [-0.2, -0.15) is 0 Å². The molecule has 2 aromatic heterocycles. The summed E-state index contributed by atoms with van der Waals surface area (Å²) in [5.41, 5.74) is 3.83. The van der Waals surface area contributed by atoms with E-state index < -0.39 is 17.7 Å². The molecule has 0 atom stereocenters. The Morgan fingerprint density at radius 2 is 1.98 bits per heavy atom. The molecule has 0 bridgehead atoms. The molecular weight excluding hydrogens is 603 g/mol. The molecule has 0 saturated carbocycles. The lowest BCUT2D eigenvalue weighted by molar-refractivity contribution is 0.0898. The van der Waals surface area contributed by atoms with Crippen LogP contribution in [-0.4, -0.2) is 77.0 Å². The van der Waals surface area contributed by atoms with Gasteiger partial charge in [-0.05, 0) is 60.7 Å². The lowest BCUT2D eigenvalue weighted by Crippen LogP contribution is -2.45. The van der Waals surface area contributed by atoms with Gasteiger partial charge in [0.05, 0.1) is 27.8 Å². The summed E-state index contributed by atoms with van der Waals surface area (Å²) >= 11 is 6.30. The molecule has 4 aromatic rings. The number of H-pyrrole nitrogens is 1. The van der Waals surface area contributed by atoms with Crippen LogP contribution in [0, 0.1) is 6.92 Å². The van der Waals surface area contributed by atoms with Crippen molar-refractivity contribution in [2.75, 3.05) is 32.0 Å². The molecule has 0 unspecified atom stereocenters. The van der Waals surface area contributed by atoms with E-state index in [1.54, 1.807) is 43.5 Å². The number of amides is 1. The number of hydrogen-bond donors (Lipinski definition) is 4. The minimum Gasteiger partial charge on any atom is -0.349 e. The molecule has 1 saturated heterocycles. The smallest absolute Gasteiger partial charge is 0.349 e. The number of nitrogens with one attached hydrogen (secondary N) is 2. The van der Waals surface area contributed by atoms with Crippen LogP contribution < -0.4 is 5.32 Å². The molecule has 42 heavy (non-hydrogen) atoms. The maximum absolute atomic E-state index is 13.7. The highest BCUT2D eigenvalue weighted by Gasteiger charge is 2.25. The van der Waals surface area contributed by atoms with E-state index in [1.807, 2.05) is 17.9 Å². The number of rotatable bonds is 9. The van der Waals surface area contributed by atoms with Crippen molar-refractivity contribution in [1.82, 2.24) is 20.2 Å². The SMILES string of the molecule is CCS(=O)(=O)c1cccc(-c2cc(C(=O)NC3CCN(CCOP(=O)(O)O)CC3)c(C)c3[nH]c4ncc(Cl)cc4c23)c1. The Morgan fingerprint density at radius 3 is 2.67 bits per heavy atom. The number of phosphoric acid groups is 1. The fourth-order valence-electron chi connectivity index (χ4n) is 5.41. The summed E-state index contributed by atoms with van der Waals surface area (Å²) in [7, 11) is -7.96. The van der Waals surface area contributed by atoms with Gasteiger partial charge >= 0.3 is 7.82 Å². The Kier molecular flexibility index (Phi) is 8.78. The summed E-state index contributed by atoms with van der Waals surface area (Å²) in [6, 6.07) is 10.2. The van der Waals surface area contributed by atoms with Gasteiger partial charge in [0.1, 0.15) is 5.65 Å². The summed E-state index contributed by atoms with van der Waals surface area (Å²) < 4.78 is 40.8. The van der Waals surface area contributed by atoms with Gasteiger partial charge in [-0.1, -0.05) is 30.7 Å². The highest BCUT2D eigenvalue weighted by Crippen LogP contribution is 2.39. The summed E-state index contributed by atoms with van der Waals surface area (Å²) in [5.74, 6) is -0.281. The number of carbonyl (C=O) groups is 1. The van der Waals surface area contributed by atoms with Crippen molar-refractivity contribution < 1.29 is 32.1 Å². The highest BCUT2D eigenvalue weighted by molar-refractivity contribution is 7.91. The first kappa shape index (κ1) is 30.6. The molecule has 1 amide bonds. The summed E-state index contributed by atoms with van der Waals surface area (Å²) in [4.78, 5) is 41.4. The molecule has 11 nitrogen and oxygen atoms in total. The van der Waals surface area contributed by atoms with Crippen LogP contribution in [0.25, 0.3) is 33.1 Å². The van der Waals surface area contributed by atoms with Gasteiger partial charge in [0.15, 0.2) is 9.84 Å². The predicted molar refractivity (Wildman–Crippen MR) is 161 cm³/mol. The minimum absolute atomic E-state index is 0.0322. The first-order valence-electron chi connectivity index (χ1n) is 13.5. The van der Waals surface area contributed by atoms with Crippen molar-refractivity contribution in [3.63, 3.8) is 0 Å². The molecular formula is C28H32ClN4O7PS. The van der Waals surface area contributed by atoms with Crippen LogP contribution in [0.15, 0.2) is 47.5 Å². The molecule has 1 aliphatic heterocycles. The fraction of sp³-hybridized carbons (Fsp3) is 0.357. The number of halogens is 1. The number of phosphoric ester groups is 1. The summed E-state index contributed by atoms with van der Waals surface area (Å²) in [6.07, 6.45) is 2.88. The van der Waals surface area contributed by atoms with Crippen molar-refractivity contribution in [2.24, 2.45) is 0 Å². The first-order chi connectivity index (χ1) is 19.9. The van der Waals surface area contributed by atoms with E-state index in [2.05, 4.69) is 19.8 Å². The Bertz CT molecular complexity index is 1810. The lowest BCUT2D eigenvalue weighted by Gasteiger charge is -2.32. The van der Waals surface area contributed by atoms with Crippen LogP contribution >= 0.6 is 19.4 Å². The number of aromatic amines is 1. The van der Waals surface area contributed by atoms with Crippen LogP contribution in [-0.2, 0) is 18.9 Å². The molecule has 1 fully saturated rings. The molecule has 1 aliphatic rings. The van der Waals surface area contributed by atoms with Gasteiger partial charge in [0.25, 0.3) is 5.91 Å². The highest BCUT2D eigenvalue weighted by atomic mass is 35.5. The zero-order valence-corrected chi connectivity index (χ0v) is 25.6. The number of carbonyl (C=O) groups excluding carboxylic acids is 1. The van der Waals surface area contributed by atoms with E-state index in [4.69, 9.17) is 21.4 Å². The van der Waals surface area contributed by atoms with E-state index in [0.29, 0.717) is 65.4 Å². The number of hydrogen-bond acceptors (Lipinski definition) is 7. The number of likely N-dealkylation sites (tertiary alicyclic amines) is 1. The number of aromatic nitrogens is 2. The molecule has 0 spiro atoms. The second-order valence-electron chi connectivity index (χ2n) is 10.4. The summed E-state index contributed by atoms with van der Waals surface area (Å²) in [5, 5.41) is 5.16. The second kappa shape index (κ2) is 12.0. The maximum Gasteiger partial charge on any atom is 0.469 e. The van der Waals surface area contributed by atoms with Crippen LogP contribution in [0.2, 0.25) is 5.02 Å². The third-order valence-electron chi connectivity index (χ3n) is 7.67. The monoisotopic (exact) mass is 634 g/mol. The van der Waals surface area contributed by atoms with Gasteiger partial charge in [-0.3, -0.25) is 9.32 Å². The molecule has 0 radical (unpaired) electrons. The standard InChI is InChI=1S/C28H32ClN4O7PS/c1-3-42(38,39)21-6-4-5-18(13-21)23-15-22(17(2)26-25(23)24-14-19(29)16-30-27(24)32-26)28(34)31-20-7-9-33(10-8-20)11-12-40-41(35,36)37/h4-6,13-16,20H,3,7-12H2,1-2H3,(H,30,32)(H,31,34)(H2,35,36,37). The topological polar surface area (TPSA) is 162 Å². The molecule has 5 rings (SSSR count). The van der Waals surface area contributed by atoms with Crippen LogP contribution in [0.3, 0.4) is 0 Å². The average Bonchev–Trinajstić information content (AvgIpc) is 3.33. The fourth-order valence-corrected chi connectivity index (χ4v) is 6.81. The number of piperidine rings is 1. The molecule has 14 heteroatoms. The van der Waals surface area contributed by atoms with Crippen molar-refractivity contribution in [3.8, 4) is 11.1 Å². The first-order valence-corrected chi connectivity index (χ1v) is 17.1. The number of sulfone groups is 1. The van der Waals surface area contributed by atoms with Gasteiger partial charge in [0.2, 0.25) is 0 Å². The van der Waals surface area contributed by atoms with E-state index in [0.717, 1.165) is 16.3 Å². The Hall–Kier alpha value is -2.83. The number of benzene rings is 2. The van der Waals surface area contributed by atoms with Crippen molar-refractivity contribution >= 4 is 57.1 Å². The summed E-state index contributed by atoms with van der Waals surface area (Å²) in [6.45, 7) is 5.06. The number of nitrogens with zero attached hydrogens (tertiary/aromatic N) is 2. The van der Waals surface area contributed by atoms with Crippen molar-refractivity contribution in [2.45, 2.75) is 37.6 Å². The van der Waals surface area contributed by atoms with Crippen molar-refractivity contribution in [1.29, 1.82) is 0 Å². The van der Waals surface area contributed by atoms with Crippen LogP contribution in [0.5, 0.6) is 0 Å². The van der Waals surface area contributed by atoms with Crippen LogP contribution in [0.1, 0.15) is 35.7 Å². The molecule has 224 valence electrons. The van der Waals surface area contributed by atoms with Gasteiger partial charge in [-0.15, -0.1) is 0 Å². The van der Waals surface area contributed by atoms with Gasteiger partial charge in [-0.25, -0.2) is 18.0 Å². The number of pyridine rings is 1. The number of fused-ring (bicyclic) bond motifs is 3. The van der Waals surface area contributed by atoms with E-state index in [1.165, 1.54) is 0 Å². The van der Waals surface area contributed by atoms with E-state index >= 15 is 0 Å². The predicted octanol–water partition coefficient (Wildman–Crippen LogP) is 4.44. The Morgan fingerprint density at radius 1 is 1.24 bits per heavy atom. The molecule has 3 heterocycles. The van der Waals surface area contributed by atoms with E-state index in [-0.39, 0.29) is 29.2 Å². The number of aryl methyl sites for hydroxylation is 1. The zero-order valence-electron chi connectivity index (χ0n) is 23.1. The lowest BCUT2D eigenvalue weighted by atomic mass is 9.93. The maximum atomic E-state index is 13.7. The third kappa shape index (κ3) is 6.55. The Labute approximate surface area is 248 Å². The van der Waals surface area contributed by atoms with Gasteiger partial charge in [0, 0.05) is 48.2 Å². The molecule has 0 aliphatic carbocycles. The normalized spacial score (nSPS) is 15.5. The Balaban J connectivity index is 1.48.